The van der Waals surface area contributed by atoms with Crippen molar-refractivity contribution in [2.45, 2.75) is 31.8 Å². The van der Waals surface area contributed by atoms with Gasteiger partial charge in [-0.05, 0) is 6.42 Å². The first-order chi connectivity index (χ1) is 7.97. The zero-order valence-electron chi connectivity index (χ0n) is 10.4. The van der Waals surface area contributed by atoms with Gasteiger partial charge in [0, 0.05) is 44.9 Å². The van der Waals surface area contributed by atoms with E-state index in [1.165, 1.54) is 0 Å². The SMILES string of the molecule is CCCS(=O)(=O)CCNCC1(O)CCOCC1. The molecule has 1 heterocycles. The van der Waals surface area contributed by atoms with Gasteiger partial charge in [0.2, 0.25) is 0 Å². The lowest BCUT2D eigenvalue weighted by Gasteiger charge is -2.32. The van der Waals surface area contributed by atoms with Crippen LogP contribution in [0.15, 0.2) is 0 Å². The maximum atomic E-state index is 11.4. The Hall–Kier alpha value is -0.170. The lowest BCUT2D eigenvalue weighted by Crippen LogP contribution is -2.45. The molecule has 102 valence electrons. The third kappa shape index (κ3) is 5.81. The first-order valence-corrected chi connectivity index (χ1v) is 8.01. The molecule has 1 saturated heterocycles. The van der Waals surface area contributed by atoms with Crippen molar-refractivity contribution in [2.75, 3.05) is 37.8 Å². The molecule has 1 fully saturated rings. The van der Waals surface area contributed by atoms with Crippen LogP contribution in [0.2, 0.25) is 0 Å². The monoisotopic (exact) mass is 265 g/mol. The summed E-state index contributed by atoms with van der Waals surface area (Å²) in [7, 11) is -2.92. The summed E-state index contributed by atoms with van der Waals surface area (Å²) in [4.78, 5) is 0. The van der Waals surface area contributed by atoms with Gasteiger partial charge in [-0.3, -0.25) is 0 Å². The largest absolute Gasteiger partial charge is 0.388 e. The van der Waals surface area contributed by atoms with Crippen molar-refractivity contribution >= 4 is 9.84 Å². The maximum absolute atomic E-state index is 11.4. The molecule has 1 aliphatic heterocycles. The molecule has 0 saturated carbocycles. The summed E-state index contributed by atoms with van der Waals surface area (Å²) in [5.74, 6) is 0.389. The molecule has 0 atom stereocenters. The molecule has 17 heavy (non-hydrogen) atoms. The van der Waals surface area contributed by atoms with Gasteiger partial charge in [0.25, 0.3) is 0 Å². The highest BCUT2D eigenvalue weighted by atomic mass is 32.2. The molecule has 1 aliphatic rings. The fourth-order valence-electron chi connectivity index (χ4n) is 1.89. The maximum Gasteiger partial charge on any atom is 0.151 e. The molecule has 6 heteroatoms. The van der Waals surface area contributed by atoms with Crippen molar-refractivity contribution in [3.63, 3.8) is 0 Å². The molecule has 0 amide bonds. The average Bonchev–Trinajstić information content (AvgIpc) is 2.26. The normalized spacial score (nSPS) is 20.4. The van der Waals surface area contributed by atoms with E-state index in [0.717, 1.165) is 0 Å². The summed E-state index contributed by atoms with van der Waals surface area (Å²) in [6.45, 7) is 3.86. The number of rotatable bonds is 7. The van der Waals surface area contributed by atoms with Crippen LogP contribution in [0.1, 0.15) is 26.2 Å². The van der Waals surface area contributed by atoms with E-state index in [4.69, 9.17) is 4.74 Å². The first-order valence-electron chi connectivity index (χ1n) is 6.19. The Bertz CT molecular complexity index is 309. The summed E-state index contributed by atoms with van der Waals surface area (Å²) in [6, 6.07) is 0. The lowest BCUT2D eigenvalue weighted by molar-refractivity contribution is -0.0612. The predicted molar refractivity (Wildman–Crippen MR) is 66.8 cm³/mol. The molecular formula is C11H23NO4S. The topological polar surface area (TPSA) is 75.6 Å². The van der Waals surface area contributed by atoms with Gasteiger partial charge in [0.1, 0.15) is 0 Å². The average molecular weight is 265 g/mol. The number of hydrogen-bond donors (Lipinski definition) is 2. The van der Waals surface area contributed by atoms with E-state index in [2.05, 4.69) is 5.32 Å². The van der Waals surface area contributed by atoms with Crippen molar-refractivity contribution < 1.29 is 18.3 Å². The van der Waals surface area contributed by atoms with E-state index < -0.39 is 15.4 Å². The van der Waals surface area contributed by atoms with Crippen LogP contribution in [0.4, 0.5) is 0 Å². The summed E-state index contributed by atoms with van der Waals surface area (Å²) in [6.07, 6.45) is 1.88. The minimum absolute atomic E-state index is 0.146. The highest BCUT2D eigenvalue weighted by molar-refractivity contribution is 7.91. The van der Waals surface area contributed by atoms with Crippen molar-refractivity contribution in [1.82, 2.24) is 5.32 Å². The van der Waals surface area contributed by atoms with E-state index in [-0.39, 0.29) is 11.5 Å². The van der Waals surface area contributed by atoms with Gasteiger partial charge in [-0.1, -0.05) is 6.92 Å². The quantitative estimate of drug-likeness (QED) is 0.631. The predicted octanol–water partition coefficient (Wildman–Crippen LogP) is -0.0577. The van der Waals surface area contributed by atoms with E-state index in [1.54, 1.807) is 0 Å². The molecule has 0 unspecified atom stereocenters. The van der Waals surface area contributed by atoms with Gasteiger partial charge >= 0.3 is 0 Å². The van der Waals surface area contributed by atoms with Crippen molar-refractivity contribution in [1.29, 1.82) is 0 Å². The molecule has 5 nitrogen and oxygen atoms in total. The van der Waals surface area contributed by atoms with Crippen molar-refractivity contribution in [3.05, 3.63) is 0 Å². The number of nitrogens with one attached hydrogen (secondary N) is 1. The Morgan fingerprint density at radius 1 is 1.29 bits per heavy atom. The molecule has 1 rings (SSSR count). The Morgan fingerprint density at radius 3 is 2.53 bits per heavy atom. The van der Waals surface area contributed by atoms with Crippen molar-refractivity contribution in [3.8, 4) is 0 Å². The van der Waals surface area contributed by atoms with Crippen molar-refractivity contribution in [2.24, 2.45) is 0 Å². The molecular weight excluding hydrogens is 242 g/mol. The smallest absolute Gasteiger partial charge is 0.151 e. The second-order valence-electron chi connectivity index (χ2n) is 4.67. The zero-order valence-corrected chi connectivity index (χ0v) is 11.3. The molecule has 0 radical (unpaired) electrons. The second-order valence-corrected chi connectivity index (χ2v) is 6.97. The molecule has 0 aromatic carbocycles. The van der Waals surface area contributed by atoms with Crippen LogP contribution >= 0.6 is 0 Å². The van der Waals surface area contributed by atoms with Gasteiger partial charge in [-0.25, -0.2) is 8.42 Å². The minimum Gasteiger partial charge on any atom is -0.388 e. The van der Waals surface area contributed by atoms with Gasteiger partial charge in [0.05, 0.1) is 11.4 Å². The molecule has 2 N–H and O–H groups in total. The van der Waals surface area contributed by atoms with Gasteiger partial charge in [-0.2, -0.15) is 0 Å². The number of ether oxygens (including phenoxy) is 1. The Morgan fingerprint density at radius 2 is 1.94 bits per heavy atom. The number of sulfone groups is 1. The van der Waals surface area contributed by atoms with E-state index in [1.807, 2.05) is 6.92 Å². The fourth-order valence-corrected chi connectivity index (χ4v) is 3.17. The molecule has 0 aromatic rings. The van der Waals surface area contributed by atoms with Crippen LogP contribution in [0.3, 0.4) is 0 Å². The fraction of sp³-hybridized carbons (Fsp3) is 1.00. The lowest BCUT2D eigenvalue weighted by atomic mass is 9.94. The first kappa shape index (κ1) is 14.9. The third-order valence-electron chi connectivity index (χ3n) is 2.98. The number of hydrogen-bond acceptors (Lipinski definition) is 5. The zero-order chi connectivity index (χ0) is 12.8. The Balaban J connectivity index is 2.19. The van der Waals surface area contributed by atoms with E-state index in [0.29, 0.717) is 45.6 Å². The Labute approximate surface area is 103 Å². The van der Waals surface area contributed by atoms with Crippen LogP contribution in [0.25, 0.3) is 0 Å². The molecule has 0 bridgehead atoms. The van der Waals surface area contributed by atoms with Crippen LogP contribution in [0.5, 0.6) is 0 Å². The summed E-state index contributed by atoms with van der Waals surface area (Å²) in [5, 5.41) is 13.1. The van der Waals surface area contributed by atoms with Crippen LogP contribution in [-0.4, -0.2) is 56.9 Å². The van der Waals surface area contributed by atoms with Crippen LogP contribution < -0.4 is 5.32 Å². The van der Waals surface area contributed by atoms with Crippen LogP contribution in [-0.2, 0) is 14.6 Å². The molecule has 0 aromatic heterocycles. The van der Waals surface area contributed by atoms with Gasteiger partial charge in [-0.15, -0.1) is 0 Å². The highest BCUT2D eigenvalue weighted by Gasteiger charge is 2.29. The van der Waals surface area contributed by atoms with E-state index >= 15 is 0 Å². The molecule has 0 aliphatic carbocycles. The highest BCUT2D eigenvalue weighted by Crippen LogP contribution is 2.18. The van der Waals surface area contributed by atoms with Crippen LogP contribution in [0, 0.1) is 0 Å². The van der Waals surface area contributed by atoms with Gasteiger partial charge in [0.15, 0.2) is 9.84 Å². The number of aliphatic hydroxyl groups is 1. The third-order valence-corrected chi connectivity index (χ3v) is 4.84. The minimum atomic E-state index is -2.92. The van der Waals surface area contributed by atoms with Gasteiger partial charge < -0.3 is 15.2 Å². The second kappa shape index (κ2) is 6.68. The van der Waals surface area contributed by atoms with E-state index in [9.17, 15) is 13.5 Å². The summed E-state index contributed by atoms with van der Waals surface area (Å²) >= 11 is 0. The summed E-state index contributed by atoms with van der Waals surface area (Å²) < 4.78 is 28.1. The molecule has 0 spiro atoms. The summed E-state index contributed by atoms with van der Waals surface area (Å²) in [5.41, 5.74) is -0.729. The standard InChI is InChI=1S/C11H23NO4S/c1-2-8-17(14,15)9-5-12-10-11(13)3-6-16-7-4-11/h12-13H,2-10H2,1H3. The Kier molecular flexibility index (Phi) is 5.85.